The van der Waals surface area contributed by atoms with Gasteiger partial charge in [-0.1, -0.05) is 13.8 Å². The second-order valence-corrected chi connectivity index (χ2v) is 6.53. The normalized spacial score (nSPS) is 32.0. The fraction of sp³-hybridized carbons (Fsp3) is 0.688. The number of hydrogen-bond donors (Lipinski definition) is 1. The molecule has 0 bridgehead atoms. The van der Waals surface area contributed by atoms with Gasteiger partial charge in [-0.2, -0.15) is 5.10 Å². The predicted molar refractivity (Wildman–Crippen MR) is 83.5 cm³/mol. The number of hydrogen-bond acceptors (Lipinski definition) is 5. The first kappa shape index (κ1) is 15.4. The van der Waals surface area contributed by atoms with Crippen molar-refractivity contribution in [2.75, 3.05) is 0 Å². The zero-order chi connectivity index (χ0) is 16.2. The van der Waals surface area contributed by atoms with E-state index in [2.05, 4.69) is 22.0 Å². The van der Waals surface area contributed by atoms with Gasteiger partial charge in [0.1, 0.15) is 11.4 Å². The third-order valence-corrected chi connectivity index (χ3v) is 4.93. The van der Waals surface area contributed by atoms with E-state index in [1.54, 1.807) is 4.68 Å². The highest BCUT2D eigenvalue weighted by Gasteiger charge is 2.51. The molecule has 0 amide bonds. The molecule has 1 N–H and O–H groups in total. The van der Waals surface area contributed by atoms with Crippen molar-refractivity contribution in [1.29, 1.82) is 0 Å². The Hall–Kier alpha value is -1.53. The lowest BCUT2D eigenvalue weighted by atomic mass is 9.87. The van der Waals surface area contributed by atoms with Crippen LogP contribution in [0.5, 0.6) is 0 Å². The van der Waals surface area contributed by atoms with Crippen LogP contribution in [0.15, 0.2) is 0 Å². The number of ether oxygens (including phenoxy) is 1. The lowest BCUT2D eigenvalue weighted by molar-refractivity contribution is -0.0894. The topological polar surface area (TPSA) is 73.1 Å². The van der Waals surface area contributed by atoms with E-state index in [1.807, 2.05) is 34.6 Å². The molecule has 0 radical (unpaired) electrons. The Bertz CT molecular complexity index is 722. The molecule has 0 aliphatic carbocycles. The number of aromatic nitrogens is 4. The van der Waals surface area contributed by atoms with Crippen molar-refractivity contribution in [3.8, 4) is 0 Å². The molecular weight excluding hydrogens is 280 g/mol. The van der Waals surface area contributed by atoms with Crippen LogP contribution in [0.1, 0.15) is 50.6 Å². The van der Waals surface area contributed by atoms with Gasteiger partial charge in [0.25, 0.3) is 0 Å². The molecule has 120 valence electrons. The molecule has 1 aliphatic rings. The average molecular weight is 304 g/mol. The van der Waals surface area contributed by atoms with Crippen molar-refractivity contribution in [2.45, 2.75) is 65.9 Å². The number of aliphatic hydroxyl groups is 1. The monoisotopic (exact) mass is 304 g/mol. The summed E-state index contributed by atoms with van der Waals surface area (Å²) in [4.78, 5) is 8.96. The van der Waals surface area contributed by atoms with E-state index in [9.17, 15) is 5.11 Å². The molecule has 6 heteroatoms. The maximum absolute atomic E-state index is 11.0. The summed E-state index contributed by atoms with van der Waals surface area (Å²) in [5.74, 6) is 0.731. The Morgan fingerprint density at radius 2 is 1.91 bits per heavy atom. The molecule has 3 rings (SSSR count). The van der Waals surface area contributed by atoms with Gasteiger partial charge in [-0.3, -0.25) is 0 Å². The number of aryl methyl sites for hydroxylation is 3. The highest BCUT2D eigenvalue weighted by molar-refractivity contribution is 5.80. The largest absolute Gasteiger partial charge is 0.385 e. The smallest absolute Gasteiger partial charge is 0.181 e. The molecule has 0 saturated carbocycles. The SMILES string of the molecule is CC[C@H]1O[C@@H](n2nc(C)c3c(C)nc(C)nc32)[C@](C)(O)[C@@H]1C. The Morgan fingerprint density at radius 3 is 2.50 bits per heavy atom. The Kier molecular flexibility index (Phi) is 3.49. The van der Waals surface area contributed by atoms with Gasteiger partial charge in [-0.25, -0.2) is 14.6 Å². The van der Waals surface area contributed by atoms with Gasteiger partial charge in [0.2, 0.25) is 0 Å². The van der Waals surface area contributed by atoms with Gasteiger partial charge in [0.05, 0.1) is 22.9 Å². The quantitative estimate of drug-likeness (QED) is 0.922. The summed E-state index contributed by atoms with van der Waals surface area (Å²) in [6.45, 7) is 11.7. The zero-order valence-corrected chi connectivity index (χ0v) is 14.1. The lowest BCUT2D eigenvalue weighted by Gasteiger charge is -2.27. The van der Waals surface area contributed by atoms with Gasteiger partial charge in [0, 0.05) is 5.92 Å². The minimum Gasteiger partial charge on any atom is -0.385 e. The van der Waals surface area contributed by atoms with E-state index in [0.717, 1.165) is 28.8 Å². The molecule has 1 fully saturated rings. The highest BCUT2D eigenvalue weighted by atomic mass is 16.5. The minimum atomic E-state index is -0.987. The summed E-state index contributed by atoms with van der Waals surface area (Å²) in [5, 5.41) is 16.5. The lowest BCUT2D eigenvalue weighted by Crippen LogP contribution is -2.38. The molecule has 1 aliphatic heterocycles. The van der Waals surface area contributed by atoms with Crippen molar-refractivity contribution in [1.82, 2.24) is 19.7 Å². The third-order valence-electron chi connectivity index (χ3n) is 4.93. The molecule has 3 heterocycles. The summed E-state index contributed by atoms with van der Waals surface area (Å²) >= 11 is 0. The predicted octanol–water partition coefficient (Wildman–Crippen LogP) is 2.45. The van der Waals surface area contributed by atoms with Crippen LogP contribution in [0.2, 0.25) is 0 Å². The second-order valence-electron chi connectivity index (χ2n) is 6.53. The summed E-state index contributed by atoms with van der Waals surface area (Å²) in [6.07, 6.45) is 0.347. The number of fused-ring (bicyclic) bond motifs is 1. The fourth-order valence-corrected chi connectivity index (χ4v) is 3.48. The molecule has 0 aromatic carbocycles. The van der Waals surface area contributed by atoms with Gasteiger partial charge in [-0.05, 0) is 34.1 Å². The zero-order valence-electron chi connectivity index (χ0n) is 14.1. The van der Waals surface area contributed by atoms with Crippen LogP contribution in [-0.2, 0) is 4.74 Å². The van der Waals surface area contributed by atoms with Gasteiger partial charge in [-0.15, -0.1) is 0 Å². The van der Waals surface area contributed by atoms with Crippen LogP contribution >= 0.6 is 0 Å². The minimum absolute atomic E-state index is 0.0172. The van der Waals surface area contributed by atoms with E-state index < -0.39 is 11.8 Å². The van der Waals surface area contributed by atoms with Crippen LogP contribution in [0, 0.1) is 26.7 Å². The molecule has 1 saturated heterocycles. The molecule has 4 atom stereocenters. The van der Waals surface area contributed by atoms with Crippen molar-refractivity contribution < 1.29 is 9.84 Å². The summed E-state index contributed by atoms with van der Waals surface area (Å²) in [7, 11) is 0. The summed E-state index contributed by atoms with van der Waals surface area (Å²) in [5.41, 5.74) is 1.51. The van der Waals surface area contributed by atoms with E-state index in [4.69, 9.17) is 4.74 Å². The average Bonchev–Trinajstić information content (AvgIpc) is 2.86. The maximum Gasteiger partial charge on any atom is 0.181 e. The first-order valence-corrected chi connectivity index (χ1v) is 7.85. The van der Waals surface area contributed by atoms with Gasteiger partial charge in [0.15, 0.2) is 11.9 Å². The first-order valence-electron chi connectivity index (χ1n) is 7.85. The molecule has 2 aromatic rings. The Morgan fingerprint density at radius 1 is 1.23 bits per heavy atom. The van der Waals surface area contributed by atoms with Crippen molar-refractivity contribution in [3.05, 3.63) is 17.2 Å². The van der Waals surface area contributed by atoms with Crippen LogP contribution in [-0.4, -0.2) is 36.6 Å². The van der Waals surface area contributed by atoms with E-state index >= 15 is 0 Å². The van der Waals surface area contributed by atoms with E-state index in [0.29, 0.717) is 5.82 Å². The Labute approximate surface area is 130 Å². The third kappa shape index (κ3) is 2.05. The van der Waals surface area contributed by atoms with Crippen LogP contribution in [0.3, 0.4) is 0 Å². The van der Waals surface area contributed by atoms with Crippen molar-refractivity contribution >= 4 is 11.0 Å². The molecule has 0 spiro atoms. The second kappa shape index (κ2) is 4.99. The van der Waals surface area contributed by atoms with E-state index in [-0.39, 0.29) is 12.0 Å². The number of nitrogens with zero attached hydrogens (tertiary/aromatic N) is 4. The van der Waals surface area contributed by atoms with Crippen molar-refractivity contribution in [3.63, 3.8) is 0 Å². The van der Waals surface area contributed by atoms with Gasteiger partial charge < -0.3 is 9.84 Å². The molecular formula is C16H24N4O2. The Balaban J connectivity index is 2.19. The van der Waals surface area contributed by atoms with Crippen molar-refractivity contribution in [2.24, 2.45) is 5.92 Å². The number of rotatable bonds is 2. The molecule has 0 unspecified atom stereocenters. The molecule has 6 nitrogen and oxygen atoms in total. The summed E-state index contributed by atoms with van der Waals surface area (Å²) in [6, 6.07) is 0. The highest BCUT2D eigenvalue weighted by Crippen LogP contribution is 2.44. The molecule has 2 aromatic heterocycles. The van der Waals surface area contributed by atoms with Crippen LogP contribution in [0.25, 0.3) is 11.0 Å². The van der Waals surface area contributed by atoms with Crippen LogP contribution < -0.4 is 0 Å². The molecule has 22 heavy (non-hydrogen) atoms. The standard InChI is InChI=1S/C16H24N4O2/c1-7-12-8(2)16(6,21)15(22-12)20-14-13(10(4)19-20)9(3)17-11(5)18-14/h8,12,15,21H,7H2,1-6H3/t8-,12-,15-,16-/m1/s1. The summed E-state index contributed by atoms with van der Waals surface area (Å²) < 4.78 is 7.85. The van der Waals surface area contributed by atoms with Crippen LogP contribution in [0.4, 0.5) is 0 Å². The first-order chi connectivity index (χ1) is 10.3. The fourth-order valence-electron chi connectivity index (χ4n) is 3.48. The maximum atomic E-state index is 11.0. The van der Waals surface area contributed by atoms with E-state index in [1.165, 1.54) is 0 Å². The van der Waals surface area contributed by atoms with Gasteiger partial charge >= 0.3 is 0 Å².